The number of rotatable bonds is 2. The van der Waals surface area contributed by atoms with Gasteiger partial charge in [-0.25, -0.2) is 4.79 Å². The van der Waals surface area contributed by atoms with Crippen LogP contribution in [0.25, 0.3) is 10.9 Å². The summed E-state index contributed by atoms with van der Waals surface area (Å²) in [6.45, 7) is 2.05. The van der Waals surface area contributed by atoms with Crippen molar-refractivity contribution in [2.45, 2.75) is 26.2 Å². The van der Waals surface area contributed by atoms with Crippen LogP contribution in [0, 0.1) is 17.2 Å². The minimum absolute atomic E-state index is 0.209. The van der Waals surface area contributed by atoms with E-state index in [1.807, 2.05) is 18.2 Å². The third-order valence-corrected chi connectivity index (χ3v) is 3.94. The SMILES string of the molecule is C[C@@H]1CCc2[nH]c3ccc(C(=O)OCC#N)cc3c2C1. The average molecular weight is 268 g/mol. The Morgan fingerprint density at radius 3 is 3.20 bits per heavy atom. The zero-order chi connectivity index (χ0) is 14.1. The van der Waals surface area contributed by atoms with E-state index in [2.05, 4.69) is 11.9 Å². The normalized spacial score (nSPS) is 17.5. The van der Waals surface area contributed by atoms with Gasteiger partial charge < -0.3 is 9.72 Å². The number of aryl methyl sites for hydroxylation is 1. The second-order valence-corrected chi connectivity index (χ2v) is 5.42. The summed E-state index contributed by atoms with van der Waals surface area (Å²) >= 11 is 0. The van der Waals surface area contributed by atoms with Gasteiger partial charge in [-0.1, -0.05) is 6.92 Å². The number of hydrogen-bond donors (Lipinski definition) is 1. The maximum absolute atomic E-state index is 11.8. The first-order valence-corrected chi connectivity index (χ1v) is 6.86. The molecule has 4 nitrogen and oxygen atoms in total. The van der Waals surface area contributed by atoms with Gasteiger partial charge in [0.1, 0.15) is 6.07 Å². The molecule has 102 valence electrons. The summed E-state index contributed by atoms with van der Waals surface area (Å²) in [5.41, 5.74) is 4.20. The number of carbonyl (C=O) groups is 1. The predicted octanol–water partition coefficient (Wildman–Crippen LogP) is 2.97. The van der Waals surface area contributed by atoms with E-state index in [1.54, 1.807) is 6.07 Å². The van der Waals surface area contributed by atoms with Gasteiger partial charge in [-0.2, -0.15) is 5.26 Å². The summed E-state index contributed by atoms with van der Waals surface area (Å²) in [7, 11) is 0. The largest absolute Gasteiger partial charge is 0.447 e. The summed E-state index contributed by atoms with van der Waals surface area (Å²) < 4.78 is 4.86. The van der Waals surface area contributed by atoms with E-state index in [1.165, 1.54) is 17.7 Å². The van der Waals surface area contributed by atoms with Gasteiger partial charge in [-0.15, -0.1) is 0 Å². The number of nitrogens with zero attached hydrogens (tertiary/aromatic N) is 1. The maximum Gasteiger partial charge on any atom is 0.339 e. The van der Waals surface area contributed by atoms with Crippen molar-refractivity contribution >= 4 is 16.9 Å². The molecule has 0 unspecified atom stereocenters. The molecule has 0 amide bonds. The first-order valence-electron chi connectivity index (χ1n) is 6.86. The topological polar surface area (TPSA) is 65.9 Å². The Morgan fingerprint density at radius 2 is 2.40 bits per heavy atom. The predicted molar refractivity (Wildman–Crippen MR) is 75.4 cm³/mol. The molecule has 20 heavy (non-hydrogen) atoms. The fraction of sp³-hybridized carbons (Fsp3) is 0.375. The molecule has 2 aromatic rings. The lowest BCUT2D eigenvalue weighted by atomic mass is 9.87. The van der Waals surface area contributed by atoms with Gasteiger partial charge in [0, 0.05) is 16.6 Å². The monoisotopic (exact) mass is 268 g/mol. The first kappa shape index (κ1) is 12.7. The Labute approximate surface area is 117 Å². The fourth-order valence-electron chi connectivity index (χ4n) is 2.90. The molecule has 4 heteroatoms. The van der Waals surface area contributed by atoms with Crippen LogP contribution >= 0.6 is 0 Å². The molecule has 1 heterocycles. The number of hydrogen-bond acceptors (Lipinski definition) is 3. The molecule has 3 rings (SSSR count). The van der Waals surface area contributed by atoms with E-state index in [0.29, 0.717) is 11.5 Å². The molecule has 1 atom stereocenters. The Balaban J connectivity index is 2.00. The van der Waals surface area contributed by atoms with Gasteiger partial charge in [-0.05, 0) is 48.9 Å². The molecular weight excluding hydrogens is 252 g/mol. The molecule has 0 aliphatic heterocycles. The van der Waals surface area contributed by atoms with Crippen molar-refractivity contribution < 1.29 is 9.53 Å². The zero-order valence-electron chi connectivity index (χ0n) is 11.4. The standard InChI is InChI=1S/C16H16N2O2/c1-10-2-4-14-12(8-10)13-9-11(3-5-15(13)18-14)16(19)20-7-6-17/h3,5,9-10,18H,2,4,7-8H2,1H3/t10-/m1/s1. The van der Waals surface area contributed by atoms with Gasteiger partial charge in [0.25, 0.3) is 0 Å². The highest BCUT2D eigenvalue weighted by atomic mass is 16.5. The molecule has 1 aromatic heterocycles. The van der Waals surface area contributed by atoms with Crippen molar-refractivity contribution in [2.24, 2.45) is 5.92 Å². The van der Waals surface area contributed by atoms with E-state index in [-0.39, 0.29) is 6.61 Å². The van der Waals surface area contributed by atoms with E-state index >= 15 is 0 Å². The molecule has 1 aliphatic rings. The number of esters is 1. The van der Waals surface area contributed by atoms with Crippen molar-refractivity contribution in [1.29, 1.82) is 5.26 Å². The number of carbonyl (C=O) groups excluding carboxylic acids is 1. The molecule has 0 radical (unpaired) electrons. The van der Waals surface area contributed by atoms with Crippen LogP contribution in [0.2, 0.25) is 0 Å². The maximum atomic E-state index is 11.8. The summed E-state index contributed by atoms with van der Waals surface area (Å²) in [6.07, 6.45) is 3.32. The molecule has 1 aliphatic carbocycles. The van der Waals surface area contributed by atoms with Crippen molar-refractivity contribution in [3.05, 3.63) is 35.0 Å². The van der Waals surface area contributed by atoms with Crippen LogP contribution in [0.1, 0.15) is 35.0 Å². The molecule has 0 bridgehead atoms. The Bertz CT molecular complexity index is 709. The van der Waals surface area contributed by atoms with Gasteiger partial charge in [0.2, 0.25) is 0 Å². The average Bonchev–Trinajstić information content (AvgIpc) is 2.82. The van der Waals surface area contributed by atoms with E-state index < -0.39 is 5.97 Å². The molecule has 1 N–H and O–H groups in total. The lowest BCUT2D eigenvalue weighted by molar-refractivity contribution is 0.0555. The van der Waals surface area contributed by atoms with Crippen molar-refractivity contribution in [1.82, 2.24) is 4.98 Å². The van der Waals surface area contributed by atoms with Gasteiger partial charge in [-0.3, -0.25) is 0 Å². The van der Waals surface area contributed by atoms with Crippen LogP contribution in [0.3, 0.4) is 0 Å². The number of aromatic nitrogens is 1. The van der Waals surface area contributed by atoms with Crippen LogP contribution in [-0.4, -0.2) is 17.6 Å². The molecule has 0 spiro atoms. The third-order valence-electron chi connectivity index (χ3n) is 3.94. The van der Waals surface area contributed by atoms with Crippen LogP contribution in [-0.2, 0) is 17.6 Å². The number of aromatic amines is 1. The third kappa shape index (κ3) is 2.16. The Morgan fingerprint density at radius 1 is 1.55 bits per heavy atom. The highest BCUT2D eigenvalue weighted by Gasteiger charge is 2.20. The summed E-state index contributed by atoms with van der Waals surface area (Å²) in [4.78, 5) is 15.3. The minimum atomic E-state index is -0.438. The number of nitrogens with one attached hydrogen (secondary N) is 1. The van der Waals surface area contributed by atoms with Crippen LogP contribution in [0.4, 0.5) is 0 Å². The highest BCUT2D eigenvalue weighted by molar-refractivity contribution is 5.96. The fourth-order valence-corrected chi connectivity index (χ4v) is 2.90. The quantitative estimate of drug-likeness (QED) is 0.851. The number of ether oxygens (including phenoxy) is 1. The van der Waals surface area contributed by atoms with E-state index in [0.717, 1.165) is 23.7 Å². The zero-order valence-corrected chi connectivity index (χ0v) is 11.4. The Kier molecular flexibility index (Phi) is 3.19. The minimum Gasteiger partial charge on any atom is -0.447 e. The molecule has 0 saturated carbocycles. The number of fused-ring (bicyclic) bond motifs is 3. The van der Waals surface area contributed by atoms with Crippen molar-refractivity contribution in [3.63, 3.8) is 0 Å². The highest BCUT2D eigenvalue weighted by Crippen LogP contribution is 2.32. The van der Waals surface area contributed by atoms with E-state index in [4.69, 9.17) is 10.00 Å². The van der Waals surface area contributed by atoms with E-state index in [9.17, 15) is 4.79 Å². The summed E-state index contributed by atoms with van der Waals surface area (Å²) in [5, 5.41) is 9.56. The van der Waals surface area contributed by atoms with Crippen molar-refractivity contribution in [2.75, 3.05) is 6.61 Å². The number of H-pyrrole nitrogens is 1. The van der Waals surface area contributed by atoms with Crippen LogP contribution in [0.15, 0.2) is 18.2 Å². The lowest BCUT2D eigenvalue weighted by Crippen LogP contribution is -2.10. The van der Waals surface area contributed by atoms with Gasteiger partial charge >= 0.3 is 5.97 Å². The number of benzene rings is 1. The summed E-state index contributed by atoms with van der Waals surface area (Å²) in [6, 6.07) is 7.35. The molecule has 1 aromatic carbocycles. The second-order valence-electron chi connectivity index (χ2n) is 5.42. The Hall–Kier alpha value is -2.28. The molecular formula is C16H16N2O2. The lowest BCUT2D eigenvalue weighted by Gasteiger charge is -2.18. The first-order chi connectivity index (χ1) is 9.69. The molecule has 0 saturated heterocycles. The molecule has 0 fully saturated rings. The second kappa shape index (κ2) is 5.01. The summed E-state index contributed by atoms with van der Waals surface area (Å²) in [5.74, 6) is 0.239. The number of nitriles is 1. The smallest absolute Gasteiger partial charge is 0.339 e. The van der Waals surface area contributed by atoms with Crippen LogP contribution in [0.5, 0.6) is 0 Å². The van der Waals surface area contributed by atoms with Crippen LogP contribution < -0.4 is 0 Å². The van der Waals surface area contributed by atoms with Gasteiger partial charge in [0.05, 0.1) is 5.56 Å². The van der Waals surface area contributed by atoms with Crippen molar-refractivity contribution in [3.8, 4) is 6.07 Å². The van der Waals surface area contributed by atoms with Gasteiger partial charge in [0.15, 0.2) is 6.61 Å².